The predicted octanol–water partition coefficient (Wildman–Crippen LogP) is 0.382. The number of hydrogen-bond acceptors (Lipinski definition) is 2. The highest BCUT2D eigenvalue weighted by atomic mass is 32.1. The second kappa shape index (κ2) is 3.53. The van der Waals surface area contributed by atoms with Gasteiger partial charge in [0.05, 0.1) is 14.8 Å². The fraction of sp³-hybridized carbons (Fsp3) is 1.00. The third-order valence-electron chi connectivity index (χ3n) is 1.11. The molecule has 0 fully saturated rings. The zero-order chi connectivity index (χ0) is 6.62. The fourth-order valence-corrected chi connectivity index (χ4v) is 0.831. The van der Waals surface area contributed by atoms with Crippen molar-refractivity contribution in [3.63, 3.8) is 0 Å². The molecule has 0 bridgehead atoms. The Labute approximate surface area is 59.6 Å². The Bertz CT molecular complexity index is 65.4. The fourth-order valence-electron chi connectivity index (χ4n) is 0.413. The second-order valence-electron chi connectivity index (χ2n) is 1.96. The first kappa shape index (κ1) is 8.53. The molecule has 0 amide bonds. The maximum absolute atomic E-state index is 5.30. The van der Waals surface area contributed by atoms with Gasteiger partial charge >= 0.3 is 0 Å². The molecule has 0 spiro atoms. The molecule has 50 valence electrons. The summed E-state index contributed by atoms with van der Waals surface area (Å²) in [5, 5.41) is 0. The summed E-state index contributed by atoms with van der Waals surface area (Å²) < 4.78 is 5.23. The molecule has 0 aromatic heterocycles. The average Bonchev–Trinajstić information content (AvgIpc) is 1.67. The van der Waals surface area contributed by atoms with Crippen molar-refractivity contribution in [2.45, 2.75) is 24.8 Å². The zero-order valence-corrected chi connectivity index (χ0v) is 8.66. The molecule has 0 aromatic rings. The molecule has 0 heterocycles. The SMILES string of the molecule is CCOC([SiH3])(S)CC. The lowest BCUT2D eigenvalue weighted by molar-refractivity contribution is 0.0933. The van der Waals surface area contributed by atoms with Crippen LogP contribution in [0.15, 0.2) is 0 Å². The van der Waals surface area contributed by atoms with Crippen molar-refractivity contribution in [1.82, 2.24) is 0 Å². The average molecular weight is 150 g/mol. The largest absolute Gasteiger partial charge is 0.370 e. The molecule has 3 heteroatoms. The van der Waals surface area contributed by atoms with E-state index in [4.69, 9.17) is 4.74 Å². The van der Waals surface area contributed by atoms with Crippen LogP contribution >= 0.6 is 12.6 Å². The molecule has 0 saturated heterocycles. The van der Waals surface area contributed by atoms with E-state index < -0.39 is 0 Å². The van der Waals surface area contributed by atoms with Crippen LogP contribution < -0.4 is 0 Å². The molecule has 8 heavy (non-hydrogen) atoms. The minimum atomic E-state index is -0.0747. The van der Waals surface area contributed by atoms with Crippen LogP contribution in [0.1, 0.15) is 20.3 Å². The molecule has 0 N–H and O–H groups in total. The van der Waals surface area contributed by atoms with E-state index in [-0.39, 0.29) is 4.56 Å². The van der Waals surface area contributed by atoms with Crippen molar-refractivity contribution in [3.05, 3.63) is 0 Å². The van der Waals surface area contributed by atoms with Crippen LogP contribution in [0.3, 0.4) is 0 Å². The summed E-state index contributed by atoms with van der Waals surface area (Å²) in [6.45, 7) is 4.87. The van der Waals surface area contributed by atoms with Gasteiger partial charge in [-0.15, -0.1) is 12.6 Å². The number of rotatable bonds is 3. The van der Waals surface area contributed by atoms with Crippen LogP contribution in [0.4, 0.5) is 0 Å². The van der Waals surface area contributed by atoms with E-state index in [1.807, 2.05) is 6.92 Å². The maximum Gasteiger partial charge on any atom is 0.0880 e. The van der Waals surface area contributed by atoms with Gasteiger partial charge in [0.25, 0.3) is 0 Å². The Morgan fingerprint density at radius 2 is 2.12 bits per heavy atom. The van der Waals surface area contributed by atoms with E-state index in [0.717, 1.165) is 23.3 Å². The summed E-state index contributed by atoms with van der Waals surface area (Å²) in [6, 6.07) is 0. The van der Waals surface area contributed by atoms with E-state index in [2.05, 4.69) is 19.6 Å². The first-order valence-corrected chi connectivity index (χ1v) is 4.43. The van der Waals surface area contributed by atoms with Crippen molar-refractivity contribution in [3.8, 4) is 0 Å². The quantitative estimate of drug-likeness (QED) is 0.348. The summed E-state index contributed by atoms with van der Waals surface area (Å²) in [5.74, 6) is 0. The van der Waals surface area contributed by atoms with Crippen molar-refractivity contribution < 1.29 is 4.74 Å². The first-order chi connectivity index (χ1) is 3.62. The molecule has 1 nitrogen and oxygen atoms in total. The lowest BCUT2D eigenvalue weighted by Gasteiger charge is -2.20. The Balaban J connectivity index is 3.37. The maximum atomic E-state index is 5.30. The lowest BCUT2D eigenvalue weighted by Crippen LogP contribution is -2.24. The van der Waals surface area contributed by atoms with Gasteiger partial charge in [0.1, 0.15) is 0 Å². The van der Waals surface area contributed by atoms with Crippen molar-refractivity contribution in [2.24, 2.45) is 0 Å². The summed E-state index contributed by atoms with van der Waals surface area (Å²) in [7, 11) is 1.00. The molecule has 1 unspecified atom stereocenters. The Hall–Kier alpha value is 0.527. The second-order valence-corrected chi connectivity index (χ2v) is 5.36. The van der Waals surface area contributed by atoms with Gasteiger partial charge in [0.2, 0.25) is 0 Å². The van der Waals surface area contributed by atoms with Crippen LogP contribution in [0.5, 0.6) is 0 Å². The monoisotopic (exact) mass is 150 g/mol. The predicted molar refractivity (Wildman–Crippen MR) is 43.6 cm³/mol. The molecule has 1 atom stereocenters. The number of thiol groups is 1. The normalized spacial score (nSPS) is 18.4. The van der Waals surface area contributed by atoms with Gasteiger partial charge in [-0.3, -0.25) is 0 Å². The highest BCUT2D eigenvalue weighted by Gasteiger charge is 2.13. The molecule has 0 saturated carbocycles. The van der Waals surface area contributed by atoms with Crippen LogP contribution in [0, 0.1) is 0 Å². The van der Waals surface area contributed by atoms with Crippen LogP contribution in [-0.4, -0.2) is 21.4 Å². The molecule has 0 aliphatic carbocycles. The van der Waals surface area contributed by atoms with E-state index >= 15 is 0 Å². The Morgan fingerprint density at radius 1 is 1.62 bits per heavy atom. The van der Waals surface area contributed by atoms with Gasteiger partial charge < -0.3 is 4.74 Å². The topological polar surface area (TPSA) is 9.23 Å². The summed E-state index contributed by atoms with van der Waals surface area (Å²) in [4.78, 5) is 0. The Kier molecular flexibility index (Phi) is 3.77. The van der Waals surface area contributed by atoms with Gasteiger partial charge in [-0.2, -0.15) is 0 Å². The van der Waals surface area contributed by atoms with Gasteiger partial charge in [0, 0.05) is 6.61 Å². The Morgan fingerprint density at radius 3 is 2.25 bits per heavy atom. The third-order valence-corrected chi connectivity index (χ3v) is 2.55. The smallest absolute Gasteiger partial charge is 0.0880 e. The molecule has 0 aliphatic heterocycles. The summed E-state index contributed by atoms with van der Waals surface area (Å²) in [6.07, 6.45) is 1.01. The van der Waals surface area contributed by atoms with Crippen LogP contribution in [0.25, 0.3) is 0 Å². The molecule has 0 aromatic carbocycles. The molecular formula is C5H14OSSi. The van der Waals surface area contributed by atoms with E-state index in [0.29, 0.717) is 0 Å². The van der Waals surface area contributed by atoms with E-state index in [1.165, 1.54) is 0 Å². The molecule has 0 aliphatic rings. The van der Waals surface area contributed by atoms with Crippen molar-refractivity contribution in [1.29, 1.82) is 0 Å². The molecule has 0 radical (unpaired) electrons. The molecule has 0 rings (SSSR count). The highest BCUT2D eigenvalue weighted by molar-refractivity contribution is 7.83. The minimum absolute atomic E-state index is 0.0747. The summed E-state index contributed by atoms with van der Waals surface area (Å²) in [5.41, 5.74) is 0. The minimum Gasteiger partial charge on any atom is -0.370 e. The van der Waals surface area contributed by atoms with E-state index in [9.17, 15) is 0 Å². The zero-order valence-electron chi connectivity index (χ0n) is 5.77. The van der Waals surface area contributed by atoms with Gasteiger partial charge in [-0.25, -0.2) is 0 Å². The van der Waals surface area contributed by atoms with Crippen LogP contribution in [-0.2, 0) is 4.74 Å². The van der Waals surface area contributed by atoms with Gasteiger partial charge in [-0.1, -0.05) is 6.92 Å². The van der Waals surface area contributed by atoms with Gasteiger partial charge in [0.15, 0.2) is 0 Å². The standard InChI is InChI=1S/C5H14OSSi/c1-3-5(7,8)6-4-2/h7H,3-4H2,1-2,8H3. The molecular weight excluding hydrogens is 136 g/mol. The van der Waals surface area contributed by atoms with Crippen molar-refractivity contribution in [2.75, 3.05) is 6.61 Å². The van der Waals surface area contributed by atoms with E-state index in [1.54, 1.807) is 0 Å². The lowest BCUT2D eigenvalue weighted by atomic mass is 10.5. The first-order valence-electron chi connectivity index (χ1n) is 2.98. The van der Waals surface area contributed by atoms with Gasteiger partial charge in [-0.05, 0) is 13.3 Å². The number of hydrogen-bond donors (Lipinski definition) is 1. The number of ether oxygens (including phenoxy) is 1. The van der Waals surface area contributed by atoms with Crippen LogP contribution in [0.2, 0.25) is 0 Å². The highest BCUT2D eigenvalue weighted by Crippen LogP contribution is 2.14. The van der Waals surface area contributed by atoms with Crippen molar-refractivity contribution >= 4 is 22.9 Å². The third kappa shape index (κ3) is 3.52. The summed E-state index contributed by atoms with van der Waals surface area (Å²) >= 11 is 4.31.